The van der Waals surface area contributed by atoms with Crippen LogP contribution in [0.1, 0.15) is 30.2 Å². The fourth-order valence-electron chi connectivity index (χ4n) is 2.45. The molecule has 0 saturated heterocycles. The minimum Gasteiger partial charge on any atom is -0.467 e. The third-order valence-electron chi connectivity index (χ3n) is 3.76. The van der Waals surface area contributed by atoms with Gasteiger partial charge in [0, 0.05) is 32.4 Å². The van der Waals surface area contributed by atoms with Crippen molar-refractivity contribution in [1.82, 2.24) is 10.6 Å². The smallest absolute Gasteiger partial charge is 0.191 e. The summed E-state index contributed by atoms with van der Waals surface area (Å²) in [7, 11) is 1.55. The van der Waals surface area contributed by atoms with Crippen molar-refractivity contribution >= 4 is 5.96 Å². The second kappa shape index (κ2) is 12.1. The standard InChI is InChI=1S/C20H28FN3O3/c1-3-22-20(23-9-5-10-26-15-18-6-4-11-27-18)24-13-16-7-8-19(21)17(12-16)14-25-2/h4,6-8,11-12H,3,5,9-10,13-15H2,1-2H3,(H2,22,23,24). The minimum atomic E-state index is -0.260. The van der Waals surface area contributed by atoms with Gasteiger partial charge in [-0.25, -0.2) is 9.38 Å². The van der Waals surface area contributed by atoms with Crippen LogP contribution in [0.2, 0.25) is 0 Å². The third-order valence-corrected chi connectivity index (χ3v) is 3.76. The molecular weight excluding hydrogens is 349 g/mol. The first kappa shape index (κ1) is 20.9. The molecule has 27 heavy (non-hydrogen) atoms. The predicted octanol–water partition coefficient (Wildman–Crippen LogP) is 3.23. The normalized spacial score (nSPS) is 11.6. The van der Waals surface area contributed by atoms with E-state index in [0.717, 1.165) is 36.8 Å². The van der Waals surface area contributed by atoms with Gasteiger partial charge in [0.2, 0.25) is 0 Å². The number of rotatable bonds is 11. The molecule has 1 heterocycles. The van der Waals surface area contributed by atoms with Crippen molar-refractivity contribution in [2.24, 2.45) is 4.99 Å². The fourth-order valence-corrected chi connectivity index (χ4v) is 2.45. The summed E-state index contributed by atoms with van der Waals surface area (Å²) in [6.45, 7) is 5.34. The monoisotopic (exact) mass is 377 g/mol. The average Bonchev–Trinajstić information content (AvgIpc) is 3.18. The van der Waals surface area contributed by atoms with E-state index in [4.69, 9.17) is 13.9 Å². The van der Waals surface area contributed by atoms with Gasteiger partial charge in [0.25, 0.3) is 0 Å². The lowest BCUT2D eigenvalue weighted by molar-refractivity contribution is 0.105. The second-order valence-electron chi connectivity index (χ2n) is 5.97. The molecule has 148 valence electrons. The van der Waals surface area contributed by atoms with E-state index in [1.54, 1.807) is 25.5 Å². The summed E-state index contributed by atoms with van der Waals surface area (Å²) >= 11 is 0. The molecule has 0 aliphatic carbocycles. The van der Waals surface area contributed by atoms with Gasteiger partial charge < -0.3 is 24.5 Å². The Bertz CT molecular complexity index is 690. The summed E-state index contributed by atoms with van der Waals surface area (Å²) in [4.78, 5) is 4.55. The molecule has 0 aliphatic heterocycles. The highest BCUT2D eigenvalue weighted by Crippen LogP contribution is 2.12. The third kappa shape index (κ3) is 7.80. The highest BCUT2D eigenvalue weighted by Gasteiger charge is 2.04. The summed E-state index contributed by atoms with van der Waals surface area (Å²) in [6, 6.07) is 8.72. The van der Waals surface area contributed by atoms with E-state index >= 15 is 0 Å². The largest absolute Gasteiger partial charge is 0.467 e. The molecule has 1 aromatic heterocycles. The molecule has 6 nitrogen and oxygen atoms in total. The molecule has 0 radical (unpaired) electrons. The highest BCUT2D eigenvalue weighted by molar-refractivity contribution is 5.79. The van der Waals surface area contributed by atoms with Crippen LogP contribution in [-0.2, 0) is 29.2 Å². The number of hydrogen-bond donors (Lipinski definition) is 2. The first-order valence-corrected chi connectivity index (χ1v) is 9.11. The van der Waals surface area contributed by atoms with Gasteiger partial charge in [-0.1, -0.05) is 6.07 Å². The molecule has 0 saturated carbocycles. The maximum absolute atomic E-state index is 13.7. The molecule has 2 N–H and O–H groups in total. The molecular formula is C20H28FN3O3. The molecule has 0 unspecified atom stereocenters. The Morgan fingerprint density at radius 2 is 2.11 bits per heavy atom. The molecule has 0 fully saturated rings. The average molecular weight is 377 g/mol. The molecule has 2 rings (SSSR count). The van der Waals surface area contributed by atoms with Crippen molar-refractivity contribution in [3.05, 3.63) is 59.3 Å². The number of halogens is 1. The van der Waals surface area contributed by atoms with Crippen LogP contribution >= 0.6 is 0 Å². The fraction of sp³-hybridized carbons (Fsp3) is 0.450. The Hall–Kier alpha value is -2.38. The highest BCUT2D eigenvalue weighted by atomic mass is 19.1. The van der Waals surface area contributed by atoms with Crippen LogP contribution in [0.5, 0.6) is 0 Å². The van der Waals surface area contributed by atoms with Crippen molar-refractivity contribution in [3.8, 4) is 0 Å². The lowest BCUT2D eigenvalue weighted by Crippen LogP contribution is -2.38. The number of nitrogens with zero attached hydrogens (tertiary/aromatic N) is 1. The van der Waals surface area contributed by atoms with E-state index < -0.39 is 0 Å². The number of aliphatic imine (C=N–C) groups is 1. The van der Waals surface area contributed by atoms with Gasteiger partial charge in [0.1, 0.15) is 18.2 Å². The van der Waals surface area contributed by atoms with Gasteiger partial charge in [-0.05, 0) is 43.2 Å². The Morgan fingerprint density at radius 1 is 1.22 bits per heavy atom. The van der Waals surface area contributed by atoms with Crippen LogP contribution in [0.15, 0.2) is 46.0 Å². The zero-order valence-electron chi connectivity index (χ0n) is 16.0. The first-order valence-electron chi connectivity index (χ1n) is 9.11. The Balaban J connectivity index is 1.75. The van der Waals surface area contributed by atoms with Crippen molar-refractivity contribution in [2.45, 2.75) is 33.1 Å². The van der Waals surface area contributed by atoms with Crippen molar-refractivity contribution in [1.29, 1.82) is 0 Å². The number of ether oxygens (including phenoxy) is 2. The number of methoxy groups -OCH3 is 1. The Kier molecular flexibility index (Phi) is 9.37. The summed E-state index contributed by atoms with van der Waals surface area (Å²) < 4.78 is 29.5. The van der Waals surface area contributed by atoms with Gasteiger partial charge in [0.15, 0.2) is 5.96 Å². The molecule has 0 spiro atoms. The van der Waals surface area contributed by atoms with Crippen LogP contribution < -0.4 is 10.6 Å². The molecule has 0 amide bonds. The molecule has 0 bridgehead atoms. The zero-order valence-corrected chi connectivity index (χ0v) is 16.0. The number of hydrogen-bond acceptors (Lipinski definition) is 4. The quantitative estimate of drug-likeness (QED) is 0.358. The number of guanidine groups is 1. The predicted molar refractivity (Wildman–Crippen MR) is 103 cm³/mol. The van der Waals surface area contributed by atoms with Crippen LogP contribution in [0.4, 0.5) is 4.39 Å². The van der Waals surface area contributed by atoms with Crippen LogP contribution in [0, 0.1) is 5.82 Å². The van der Waals surface area contributed by atoms with E-state index in [2.05, 4.69) is 15.6 Å². The van der Waals surface area contributed by atoms with Crippen molar-refractivity contribution < 1.29 is 18.3 Å². The van der Waals surface area contributed by atoms with Gasteiger partial charge in [-0.2, -0.15) is 0 Å². The molecule has 0 aliphatic rings. The van der Waals surface area contributed by atoms with E-state index in [1.165, 1.54) is 6.07 Å². The van der Waals surface area contributed by atoms with Gasteiger partial charge in [-0.15, -0.1) is 0 Å². The summed E-state index contributed by atoms with van der Waals surface area (Å²) in [5.41, 5.74) is 1.47. The van der Waals surface area contributed by atoms with E-state index in [1.807, 2.05) is 19.1 Å². The summed E-state index contributed by atoms with van der Waals surface area (Å²) in [6.07, 6.45) is 2.48. The van der Waals surface area contributed by atoms with E-state index in [0.29, 0.717) is 25.3 Å². The molecule has 2 aromatic rings. The minimum absolute atomic E-state index is 0.250. The Morgan fingerprint density at radius 3 is 2.85 bits per heavy atom. The SMILES string of the molecule is CCNC(=NCc1ccc(F)c(COC)c1)NCCCOCc1ccco1. The topological polar surface area (TPSA) is 68.0 Å². The van der Waals surface area contributed by atoms with Crippen LogP contribution in [-0.4, -0.2) is 32.8 Å². The second-order valence-corrected chi connectivity index (χ2v) is 5.97. The maximum Gasteiger partial charge on any atom is 0.191 e. The van der Waals surface area contributed by atoms with Gasteiger partial charge >= 0.3 is 0 Å². The lowest BCUT2D eigenvalue weighted by atomic mass is 10.1. The first-order chi connectivity index (χ1) is 13.2. The van der Waals surface area contributed by atoms with Crippen LogP contribution in [0.3, 0.4) is 0 Å². The van der Waals surface area contributed by atoms with Gasteiger partial charge in [0.05, 0.1) is 19.4 Å². The number of furan rings is 1. The van der Waals surface area contributed by atoms with E-state index in [-0.39, 0.29) is 12.4 Å². The van der Waals surface area contributed by atoms with Crippen LogP contribution in [0.25, 0.3) is 0 Å². The summed E-state index contributed by atoms with van der Waals surface area (Å²) in [5, 5.41) is 6.47. The number of benzene rings is 1. The number of nitrogens with one attached hydrogen (secondary N) is 2. The van der Waals surface area contributed by atoms with Gasteiger partial charge in [-0.3, -0.25) is 0 Å². The summed E-state index contributed by atoms with van der Waals surface area (Å²) in [5.74, 6) is 1.29. The van der Waals surface area contributed by atoms with Crippen molar-refractivity contribution in [3.63, 3.8) is 0 Å². The lowest BCUT2D eigenvalue weighted by Gasteiger charge is -2.11. The molecule has 0 atom stereocenters. The van der Waals surface area contributed by atoms with Crippen molar-refractivity contribution in [2.75, 3.05) is 26.8 Å². The molecule has 1 aromatic carbocycles. The maximum atomic E-state index is 13.7. The Labute approximate surface area is 159 Å². The van der Waals surface area contributed by atoms with E-state index in [9.17, 15) is 4.39 Å². The zero-order chi connectivity index (χ0) is 19.3. The molecule has 7 heteroatoms.